The van der Waals surface area contributed by atoms with Crippen LogP contribution in [0, 0.1) is 28.1 Å². The number of rotatable bonds is 3. The summed E-state index contributed by atoms with van der Waals surface area (Å²) < 4.78 is 0. The lowest BCUT2D eigenvalue weighted by Gasteiger charge is -2.09. The fraction of sp³-hybridized carbons (Fsp3) is 0.0909. The molecule has 1 unspecified atom stereocenters. The molecule has 0 saturated heterocycles. The summed E-state index contributed by atoms with van der Waals surface area (Å²) >= 11 is 0. The molecule has 0 bridgehead atoms. The van der Waals surface area contributed by atoms with Gasteiger partial charge in [-0.3, -0.25) is 5.41 Å². The molecule has 0 aliphatic heterocycles. The molecule has 2 amide bonds. The minimum Gasteiger partial charge on any atom is -0.316 e. The summed E-state index contributed by atoms with van der Waals surface area (Å²) in [6.45, 7) is 0. The van der Waals surface area contributed by atoms with Gasteiger partial charge in [0.1, 0.15) is 11.8 Å². The maximum absolute atomic E-state index is 11.4. The first-order chi connectivity index (χ1) is 8.17. The molecule has 0 fully saturated rings. The van der Waals surface area contributed by atoms with E-state index in [0.717, 1.165) is 0 Å². The number of hydrogen-bond donors (Lipinski definition) is 3. The lowest BCUT2D eigenvalue weighted by Crippen LogP contribution is -2.41. The highest BCUT2D eigenvalue weighted by molar-refractivity contribution is 6.04. The number of amides is 2. The van der Waals surface area contributed by atoms with Crippen LogP contribution < -0.4 is 10.6 Å². The van der Waals surface area contributed by atoms with Crippen LogP contribution in [0.25, 0.3) is 0 Å². The summed E-state index contributed by atoms with van der Waals surface area (Å²) in [4.78, 5) is 11.4. The van der Waals surface area contributed by atoms with Crippen molar-refractivity contribution in [2.45, 2.75) is 6.04 Å². The molecule has 0 aliphatic carbocycles. The van der Waals surface area contributed by atoms with Crippen molar-refractivity contribution in [3.05, 3.63) is 30.3 Å². The Hall–Kier alpha value is -2.86. The Balaban J connectivity index is 2.59. The lowest BCUT2D eigenvalue weighted by molar-refractivity contribution is 0.252. The molecule has 1 aromatic rings. The third-order valence-corrected chi connectivity index (χ3v) is 1.85. The highest BCUT2D eigenvalue weighted by atomic mass is 16.2. The number of carbonyl (C=O) groups is 1. The Morgan fingerprint density at radius 1 is 1.29 bits per heavy atom. The van der Waals surface area contributed by atoms with Gasteiger partial charge in [0, 0.05) is 5.69 Å². The number of urea groups is 1. The molecule has 0 radical (unpaired) electrons. The normalized spacial score (nSPS) is 10.5. The molecule has 0 spiro atoms. The first kappa shape index (κ1) is 12.2. The molecule has 1 aromatic carbocycles. The van der Waals surface area contributed by atoms with Crippen LogP contribution in [0.15, 0.2) is 30.3 Å². The Morgan fingerprint density at radius 2 is 1.94 bits per heavy atom. The van der Waals surface area contributed by atoms with Crippen LogP contribution in [0.5, 0.6) is 0 Å². The third kappa shape index (κ3) is 3.65. The van der Waals surface area contributed by atoms with E-state index in [1.807, 2.05) is 0 Å². The summed E-state index contributed by atoms with van der Waals surface area (Å²) in [5.74, 6) is 0. The molecule has 17 heavy (non-hydrogen) atoms. The number of hydrogen-bond acceptors (Lipinski definition) is 4. The maximum Gasteiger partial charge on any atom is 0.320 e. The van der Waals surface area contributed by atoms with Gasteiger partial charge in [-0.15, -0.1) is 0 Å². The van der Waals surface area contributed by atoms with E-state index in [2.05, 4.69) is 10.6 Å². The molecular formula is C11H9N5O. The zero-order valence-corrected chi connectivity index (χ0v) is 8.77. The number of nitriles is 2. The molecule has 0 aliphatic rings. The molecule has 6 heteroatoms. The first-order valence-electron chi connectivity index (χ1n) is 4.68. The van der Waals surface area contributed by atoms with Crippen molar-refractivity contribution in [2.24, 2.45) is 0 Å². The summed E-state index contributed by atoms with van der Waals surface area (Å²) in [6, 6.07) is 9.93. The van der Waals surface area contributed by atoms with Gasteiger partial charge in [0.25, 0.3) is 0 Å². The molecule has 0 saturated carbocycles. The molecule has 3 N–H and O–H groups in total. The highest BCUT2D eigenvalue weighted by Crippen LogP contribution is 2.04. The predicted molar refractivity (Wildman–Crippen MR) is 61.3 cm³/mol. The quantitative estimate of drug-likeness (QED) is 0.675. The second kappa shape index (κ2) is 5.89. The molecule has 0 heterocycles. The van der Waals surface area contributed by atoms with E-state index in [1.54, 1.807) is 36.4 Å². The van der Waals surface area contributed by atoms with Crippen molar-refractivity contribution >= 4 is 17.4 Å². The van der Waals surface area contributed by atoms with E-state index in [9.17, 15) is 4.79 Å². The molecule has 6 nitrogen and oxygen atoms in total. The molecule has 0 aromatic heterocycles. The fourth-order valence-electron chi connectivity index (χ4n) is 1.05. The van der Waals surface area contributed by atoms with E-state index in [1.165, 1.54) is 6.07 Å². The van der Waals surface area contributed by atoms with Crippen LogP contribution in [0.2, 0.25) is 0 Å². The van der Waals surface area contributed by atoms with Gasteiger partial charge in [-0.2, -0.15) is 10.5 Å². The van der Waals surface area contributed by atoms with Gasteiger partial charge in [-0.1, -0.05) is 18.2 Å². The number of carbonyl (C=O) groups excluding carboxylic acids is 1. The summed E-state index contributed by atoms with van der Waals surface area (Å²) in [6.07, 6.45) is 0. The SMILES string of the molecule is N#CC(=N)C(C#N)NC(=O)Nc1ccccc1. The van der Waals surface area contributed by atoms with E-state index in [4.69, 9.17) is 15.9 Å². The van der Waals surface area contributed by atoms with Crippen molar-refractivity contribution in [3.63, 3.8) is 0 Å². The van der Waals surface area contributed by atoms with Crippen LogP contribution in [0.1, 0.15) is 0 Å². The largest absolute Gasteiger partial charge is 0.320 e. The molecule has 1 atom stereocenters. The number of benzene rings is 1. The second-order valence-electron chi connectivity index (χ2n) is 3.05. The number of anilines is 1. The van der Waals surface area contributed by atoms with Gasteiger partial charge in [-0.05, 0) is 12.1 Å². The first-order valence-corrected chi connectivity index (χ1v) is 4.68. The number of para-hydroxylation sites is 1. The maximum atomic E-state index is 11.4. The Morgan fingerprint density at radius 3 is 2.47 bits per heavy atom. The Kier molecular flexibility index (Phi) is 4.23. The van der Waals surface area contributed by atoms with Crippen LogP contribution in [-0.2, 0) is 0 Å². The van der Waals surface area contributed by atoms with E-state index in [-0.39, 0.29) is 0 Å². The second-order valence-corrected chi connectivity index (χ2v) is 3.05. The zero-order valence-electron chi connectivity index (χ0n) is 8.77. The molecule has 84 valence electrons. The Labute approximate surface area is 98.0 Å². The lowest BCUT2D eigenvalue weighted by atomic mass is 10.2. The van der Waals surface area contributed by atoms with Gasteiger partial charge in [0.2, 0.25) is 0 Å². The summed E-state index contributed by atoms with van der Waals surface area (Å²) in [7, 11) is 0. The minimum absolute atomic E-state index is 0.504. The van der Waals surface area contributed by atoms with Crippen molar-refractivity contribution in [1.82, 2.24) is 5.32 Å². The molecular weight excluding hydrogens is 218 g/mol. The average Bonchev–Trinajstić information content (AvgIpc) is 2.36. The van der Waals surface area contributed by atoms with Gasteiger partial charge >= 0.3 is 6.03 Å². The number of nitrogens with one attached hydrogen (secondary N) is 3. The van der Waals surface area contributed by atoms with Crippen LogP contribution in [0.3, 0.4) is 0 Å². The van der Waals surface area contributed by atoms with Crippen molar-refractivity contribution in [2.75, 3.05) is 5.32 Å². The van der Waals surface area contributed by atoms with Gasteiger partial charge < -0.3 is 10.6 Å². The van der Waals surface area contributed by atoms with E-state index >= 15 is 0 Å². The standard InChI is InChI=1S/C11H9N5O/c12-6-9(14)10(7-13)16-11(17)15-8-4-2-1-3-5-8/h1-5,10,14H,(H2,15,16,17). The van der Waals surface area contributed by atoms with Gasteiger partial charge in [-0.25, -0.2) is 4.79 Å². The van der Waals surface area contributed by atoms with E-state index in [0.29, 0.717) is 5.69 Å². The van der Waals surface area contributed by atoms with Crippen molar-refractivity contribution in [1.29, 1.82) is 15.9 Å². The monoisotopic (exact) mass is 227 g/mol. The third-order valence-electron chi connectivity index (χ3n) is 1.85. The van der Waals surface area contributed by atoms with Crippen molar-refractivity contribution < 1.29 is 4.79 Å². The molecule has 1 rings (SSSR count). The van der Waals surface area contributed by atoms with Gasteiger partial charge in [0.05, 0.1) is 6.07 Å². The fourth-order valence-corrected chi connectivity index (χ4v) is 1.05. The van der Waals surface area contributed by atoms with Crippen molar-refractivity contribution in [3.8, 4) is 12.1 Å². The average molecular weight is 227 g/mol. The minimum atomic E-state index is -1.23. The number of nitrogens with zero attached hydrogens (tertiary/aromatic N) is 2. The van der Waals surface area contributed by atoms with Crippen LogP contribution in [0.4, 0.5) is 10.5 Å². The summed E-state index contributed by atoms with van der Waals surface area (Å²) in [5, 5.41) is 28.9. The Bertz CT molecular complexity index is 497. The van der Waals surface area contributed by atoms with Crippen LogP contribution >= 0.6 is 0 Å². The smallest absolute Gasteiger partial charge is 0.316 e. The highest BCUT2D eigenvalue weighted by Gasteiger charge is 2.16. The summed E-state index contributed by atoms with van der Waals surface area (Å²) in [5.41, 5.74) is 0.0564. The van der Waals surface area contributed by atoms with Crippen LogP contribution in [-0.4, -0.2) is 17.8 Å². The topological polar surface area (TPSA) is 113 Å². The van der Waals surface area contributed by atoms with Gasteiger partial charge in [0.15, 0.2) is 6.04 Å². The predicted octanol–water partition coefficient (Wildman–Crippen LogP) is 1.24. The zero-order chi connectivity index (χ0) is 12.7. The van der Waals surface area contributed by atoms with E-state index < -0.39 is 17.8 Å².